The third-order valence-corrected chi connectivity index (χ3v) is 6.96. The van der Waals surface area contributed by atoms with Gasteiger partial charge in [-0.3, -0.25) is 4.79 Å². The maximum absolute atomic E-state index is 13.0. The molecule has 1 amide bonds. The van der Waals surface area contributed by atoms with Gasteiger partial charge >= 0.3 is 0 Å². The molecule has 0 unspecified atom stereocenters. The quantitative estimate of drug-likeness (QED) is 0.848. The van der Waals surface area contributed by atoms with E-state index in [4.69, 9.17) is 4.42 Å². The standard InChI is InChI=1S/C15H22N2O4S/c1-12(18)16-8-2-5-13(11-16)22(19,20)17-9-3-6-14(17)15-7-4-10-21-15/h4,7,10,13-14H,2-3,5-6,8-9,11H2,1H3/t13-,14+/m1/s1. The van der Waals surface area contributed by atoms with Gasteiger partial charge in [0.25, 0.3) is 0 Å². The van der Waals surface area contributed by atoms with Crippen LogP contribution in [0.2, 0.25) is 0 Å². The Bertz CT molecular complexity index is 626. The minimum absolute atomic E-state index is 0.0519. The van der Waals surface area contributed by atoms with E-state index in [-0.39, 0.29) is 11.9 Å². The Morgan fingerprint density at radius 3 is 2.73 bits per heavy atom. The van der Waals surface area contributed by atoms with Crippen molar-refractivity contribution in [3.05, 3.63) is 24.2 Å². The molecule has 0 spiro atoms. The van der Waals surface area contributed by atoms with Gasteiger partial charge in [-0.1, -0.05) is 0 Å². The highest BCUT2D eigenvalue weighted by Crippen LogP contribution is 2.36. The smallest absolute Gasteiger partial charge is 0.219 e. The van der Waals surface area contributed by atoms with Crippen molar-refractivity contribution in [3.8, 4) is 0 Å². The summed E-state index contributed by atoms with van der Waals surface area (Å²) >= 11 is 0. The van der Waals surface area contributed by atoms with Crippen molar-refractivity contribution < 1.29 is 17.6 Å². The first-order valence-corrected chi connectivity index (χ1v) is 9.30. The molecule has 3 rings (SSSR count). The zero-order valence-corrected chi connectivity index (χ0v) is 13.6. The lowest BCUT2D eigenvalue weighted by molar-refractivity contribution is -0.129. The molecule has 122 valence electrons. The fraction of sp³-hybridized carbons (Fsp3) is 0.667. The highest BCUT2D eigenvalue weighted by Gasteiger charge is 2.42. The molecule has 7 heteroatoms. The van der Waals surface area contributed by atoms with E-state index in [1.54, 1.807) is 21.5 Å². The van der Waals surface area contributed by atoms with Crippen molar-refractivity contribution >= 4 is 15.9 Å². The Kier molecular flexibility index (Phi) is 4.27. The summed E-state index contributed by atoms with van der Waals surface area (Å²) in [5, 5.41) is -0.499. The fourth-order valence-corrected chi connectivity index (χ4v) is 5.63. The molecule has 0 aliphatic carbocycles. The lowest BCUT2D eigenvalue weighted by atomic mass is 10.1. The average Bonchev–Trinajstić information content (AvgIpc) is 3.18. The van der Waals surface area contributed by atoms with Gasteiger partial charge in [-0.05, 0) is 37.8 Å². The second-order valence-corrected chi connectivity index (χ2v) is 8.22. The van der Waals surface area contributed by atoms with Crippen molar-refractivity contribution in [3.63, 3.8) is 0 Å². The molecular weight excluding hydrogens is 304 g/mol. The number of likely N-dealkylation sites (tertiary alicyclic amines) is 1. The Morgan fingerprint density at radius 1 is 1.27 bits per heavy atom. The summed E-state index contributed by atoms with van der Waals surface area (Å²) in [5.74, 6) is 0.657. The van der Waals surface area contributed by atoms with Crippen LogP contribution in [0.5, 0.6) is 0 Å². The van der Waals surface area contributed by atoms with Gasteiger partial charge in [0.05, 0.1) is 17.6 Å². The lowest BCUT2D eigenvalue weighted by Crippen LogP contribution is -2.48. The second-order valence-electron chi connectivity index (χ2n) is 6.06. The number of amides is 1. The van der Waals surface area contributed by atoms with Gasteiger partial charge < -0.3 is 9.32 Å². The topological polar surface area (TPSA) is 70.8 Å². The SMILES string of the molecule is CC(=O)N1CCC[C@@H](S(=O)(=O)N2CCC[C@H]2c2ccco2)C1. The van der Waals surface area contributed by atoms with Crippen molar-refractivity contribution in [2.24, 2.45) is 0 Å². The molecule has 0 N–H and O–H groups in total. The van der Waals surface area contributed by atoms with Crippen LogP contribution in [0.4, 0.5) is 0 Å². The van der Waals surface area contributed by atoms with Gasteiger partial charge in [0.1, 0.15) is 5.76 Å². The number of carbonyl (C=O) groups excluding carboxylic acids is 1. The van der Waals surface area contributed by atoms with Gasteiger partial charge in [0, 0.05) is 26.6 Å². The van der Waals surface area contributed by atoms with E-state index in [1.807, 2.05) is 6.07 Å². The summed E-state index contributed by atoms with van der Waals surface area (Å²) in [6.45, 7) is 2.99. The van der Waals surface area contributed by atoms with Crippen LogP contribution in [0.3, 0.4) is 0 Å². The van der Waals surface area contributed by atoms with Crippen LogP contribution in [-0.4, -0.2) is 48.4 Å². The van der Waals surface area contributed by atoms with Crippen LogP contribution in [0, 0.1) is 0 Å². The van der Waals surface area contributed by atoms with Crippen LogP contribution in [0.1, 0.15) is 44.4 Å². The monoisotopic (exact) mass is 326 g/mol. The van der Waals surface area contributed by atoms with Crippen LogP contribution in [0.15, 0.2) is 22.8 Å². The van der Waals surface area contributed by atoms with Crippen LogP contribution < -0.4 is 0 Å². The first-order valence-electron chi connectivity index (χ1n) is 7.79. The summed E-state index contributed by atoms with van der Waals surface area (Å²) < 4.78 is 33.0. The Balaban J connectivity index is 1.81. The Morgan fingerprint density at radius 2 is 2.05 bits per heavy atom. The van der Waals surface area contributed by atoms with Gasteiger partial charge in [-0.25, -0.2) is 8.42 Å². The van der Waals surface area contributed by atoms with E-state index >= 15 is 0 Å². The second kappa shape index (κ2) is 6.04. The fourth-order valence-electron chi connectivity index (χ4n) is 3.47. The minimum atomic E-state index is -3.42. The van der Waals surface area contributed by atoms with E-state index in [1.165, 1.54) is 6.92 Å². The van der Waals surface area contributed by atoms with Crippen molar-refractivity contribution in [1.29, 1.82) is 0 Å². The van der Waals surface area contributed by atoms with Crippen LogP contribution in [-0.2, 0) is 14.8 Å². The van der Waals surface area contributed by atoms with Gasteiger partial charge in [0.15, 0.2) is 0 Å². The molecule has 2 aliphatic heterocycles. The number of sulfonamides is 1. The number of hydrogen-bond donors (Lipinski definition) is 0. The van der Waals surface area contributed by atoms with Crippen molar-refractivity contribution in [2.45, 2.75) is 43.9 Å². The first-order chi connectivity index (χ1) is 10.5. The van der Waals surface area contributed by atoms with E-state index in [2.05, 4.69) is 0 Å². The summed E-state index contributed by atoms with van der Waals surface area (Å²) in [7, 11) is -3.42. The maximum Gasteiger partial charge on any atom is 0.219 e. The number of piperidine rings is 1. The highest BCUT2D eigenvalue weighted by atomic mass is 32.2. The molecule has 6 nitrogen and oxygen atoms in total. The zero-order chi connectivity index (χ0) is 15.7. The zero-order valence-electron chi connectivity index (χ0n) is 12.8. The van der Waals surface area contributed by atoms with Crippen LogP contribution >= 0.6 is 0 Å². The highest BCUT2D eigenvalue weighted by molar-refractivity contribution is 7.89. The molecule has 0 aromatic carbocycles. The molecule has 0 bridgehead atoms. The number of rotatable bonds is 3. The van der Waals surface area contributed by atoms with Gasteiger partial charge in [0.2, 0.25) is 15.9 Å². The third kappa shape index (κ3) is 2.79. The number of furan rings is 1. The Labute approximate surface area is 131 Å². The van der Waals surface area contributed by atoms with Gasteiger partial charge in [-0.15, -0.1) is 0 Å². The molecule has 1 aromatic heterocycles. The number of nitrogens with zero attached hydrogens (tertiary/aromatic N) is 2. The lowest BCUT2D eigenvalue weighted by Gasteiger charge is -2.35. The molecule has 2 aliphatic rings. The number of carbonyl (C=O) groups is 1. The molecule has 2 fully saturated rings. The van der Waals surface area contributed by atoms with E-state index < -0.39 is 15.3 Å². The predicted molar refractivity (Wildman–Crippen MR) is 81.6 cm³/mol. The largest absolute Gasteiger partial charge is 0.468 e. The molecule has 3 heterocycles. The molecule has 2 saturated heterocycles. The average molecular weight is 326 g/mol. The van der Waals surface area contributed by atoms with Crippen molar-refractivity contribution in [1.82, 2.24) is 9.21 Å². The minimum Gasteiger partial charge on any atom is -0.468 e. The van der Waals surface area contributed by atoms with E-state index in [0.29, 0.717) is 31.8 Å². The molecular formula is C15H22N2O4S. The van der Waals surface area contributed by atoms with Crippen LogP contribution in [0.25, 0.3) is 0 Å². The Hall–Kier alpha value is -1.34. The molecule has 1 aromatic rings. The summed E-state index contributed by atoms with van der Waals surface area (Å²) in [4.78, 5) is 13.2. The van der Waals surface area contributed by atoms with E-state index in [9.17, 15) is 13.2 Å². The third-order valence-electron chi connectivity index (χ3n) is 4.65. The summed E-state index contributed by atoms with van der Waals surface area (Å²) in [6.07, 6.45) is 4.57. The normalized spacial score (nSPS) is 27.2. The maximum atomic E-state index is 13.0. The van der Waals surface area contributed by atoms with E-state index in [0.717, 1.165) is 19.3 Å². The van der Waals surface area contributed by atoms with Gasteiger partial charge in [-0.2, -0.15) is 4.31 Å². The molecule has 2 atom stereocenters. The first kappa shape index (κ1) is 15.6. The molecule has 0 saturated carbocycles. The summed E-state index contributed by atoms with van der Waals surface area (Å²) in [5.41, 5.74) is 0. The molecule has 0 radical (unpaired) electrons. The molecule has 22 heavy (non-hydrogen) atoms. The predicted octanol–water partition coefficient (Wildman–Crippen LogP) is 1.76. The summed E-state index contributed by atoms with van der Waals surface area (Å²) in [6, 6.07) is 3.42. The van der Waals surface area contributed by atoms with Crippen molar-refractivity contribution in [2.75, 3.05) is 19.6 Å². The number of hydrogen-bond acceptors (Lipinski definition) is 4.